The SMILES string of the molecule is CC(C)(C)c1ccc(C/C=C/c2ccccc2)c(O)c1C(C)(C)C. The average Bonchev–Trinajstić information content (AvgIpc) is 2.47. The Kier molecular flexibility index (Phi) is 5.22. The molecule has 0 aliphatic heterocycles. The van der Waals surface area contributed by atoms with E-state index in [1.165, 1.54) is 11.1 Å². The van der Waals surface area contributed by atoms with Gasteiger partial charge in [0.15, 0.2) is 0 Å². The fourth-order valence-electron chi connectivity index (χ4n) is 3.07. The van der Waals surface area contributed by atoms with Gasteiger partial charge in [-0.1, -0.05) is 96.2 Å². The summed E-state index contributed by atoms with van der Waals surface area (Å²) in [7, 11) is 0. The molecule has 0 amide bonds. The lowest BCUT2D eigenvalue weighted by Gasteiger charge is -2.31. The molecular weight excluding hydrogens is 292 g/mol. The first-order chi connectivity index (χ1) is 11.1. The van der Waals surface area contributed by atoms with Crippen LogP contribution in [0.25, 0.3) is 6.08 Å². The summed E-state index contributed by atoms with van der Waals surface area (Å²) in [5.74, 6) is 0.452. The highest BCUT2D eigenvalue weighted by molar-refractivity contribution is 5.54. The van der Waals surface area contributed by atoms with Crippen LogP contribution in [-0.2, 0) is 17.3 Å². The highest BCUT2D eigenvalue weighted by Gasteiger charge is 2.28. The lowest BCUT2D eigenvalue weighted by molar-refractivity contribution is 0.431. The van der Waals surface area contributed by atoms with Crippen molar-refractivity contribution < 1.29 is 5.11 Å². The maximum absolute atomic E-state index is 10.9. The molecule has 0 unspecified atom stereocenters. The smallest absolute Gasteiger partial charge is 0.123 e. The van der Waals surface area contributed by atoms with E-state index in [1.54, 1.807) is 0 Å². The normalized spacial score (nSPS) is 12.8. The number of hydrogen-bond acceptors (Lipinski definition) is 1. The van der Waals surface area contributed by atoms with Gasteiger partial charge in [0.1, 0.15) is 5.75 Å². The van der Waals surface area contributed by atoms with Crippen LogP contribution in [0.15, 0.2) is 48.5 Å². The van der Waals surface area contributed by atoms with Crippen LogP contribution in [-0.4, -0.2) is 5.11 Å². The molecule has 0 atom stereocenters. The van der Waals surface area contributed by atoms with Crippen LogP contribution in [0.1, 0.15) is 63.8 Å². The van der Waals surface area contributed by atoms with Crippen LogP contribution >= 0.6 is 0 Å². The molecule has 1 nitrogen and oxygen atoms in total. The molecule has 0 heterocycles. The Bertz CT molecular complexity index is 710. The molecular formula is C23H30O. The Morgan fingerprint density at radius 2 is 1.46 bits per heavy atom. The topological polar surface area (TPSA) is 20.2 Å². The predicted octanol–water partition coefficient (Wildman–Crippen LogP) is 6.24. The zero-order valence-corrected chi connectivity index (χ0v) is 15.9. The van der Waals surface area contributed by atoms with Crippen molar-refractivity contribution in [1.29, 1.82) is 0 Å². The van der Waals surface area contributed by atoms with Crippen LogP contribution in [0.4, 0.5) is 0 Å². The van der Waals surface area contributed by atoms with Crippen molar-refractivity contribution in [1.82, 2.24) is 0 Å². The van der Waals surface area contributed by atoms with Crippen molar-refractivity contribution in [3.05, 3.63) is 70.8 Å². The molecule has 1 heteroatoms. The second-order valence-corrected chi connectivity index (χ2v) is 8.51. The van der Waals surface area contributed by atoms with Gasteiger partial charge in [0.25, 0.3) is 0 Å². The molecule has 2 aromatic carbocycles. The third-order valence-corrected chi connectivity index (χ3v) is 4.27. The van der Waals surface area contributed by atoms with Crippen LogP contribution in [0.3, 0.4) is 0 Å². The molecule has 0 fully saturated rings. The summed E-state index contributed by atoms with van der Waals surface area (Å²) >= 11 is 0. The maximum Gasteiger partial charge on any atom is 0.123 e. The quantitative estimate of drug-likeness (QED) is 0.709. The number of benzene rings is 2. The molecule has 0 saturated carbocycles. The summed E-state index contributed by atoms with van der Waals surface area (Å²) in [4.78, 5) is 0. The van der Waals surface area contributed by atoms with Crippen LogP contribution in [0.2, 0.25) is 0 Å². The van der Waals surface area contributed by atoms with Gasteiger partial charge in [0.2, 0.25) is 0 Å². The van der Waals surface area contributed by atoms with Crippen molar-refractivity contribution in [2.45, 2.75) is 58.8 Å². The molecule has 2 aromatic rings. The number of aromatic hydroxyl groups is 1. The van der Waals surface area contributed by atoms with Crippen molar-refractivity contribution in [3.8, 4) is 5.75 Å². The van der Waals surface area contributed by atoms with E-state index >= 15 is 0 Å². The molecule has 0 saturated heterocycles. The van der Waals surface area contributed by atoms with Gasteiger partial charge in [0, 0.05) is 5.56 Å². The number of allylic oxidation sites excluding steroid dienone is 1. The fourth-order valence-corrected chi connectivity index (χ4v) is 3.07. The monoisotopic (exact) mass is 322 g/mol. The van der Waals surface area contributed by atoms with Gasteiger partial charge in [-0.25, -0.2) is 0 Å². The van der Waals surface area contributed by atoms with E-state index < -0.39 is 0 Å². The standard InChI is InChI=1S/C23H30O/c1-22(2,3)19-16-15-18(21(24)20(19)23(4,5)6)14-10-13-17-11-8-7-9-12-17/h7-13,15-16,24H,14H2,1-6H3/b13-10+. The molecule has 0 radical (unpaired) electrons. The number of hydrogen-bond donors (Lipinski definition) is 1. The molecule has 1 N–H and O–H groups in total. The van der Waals surface area contributed by atoms with Gasteiger partial charge in [-0.2, -0.15) is 0 Å². The highest BCUT2D eigenvalue weighted by Crippen LogP contribution is 2.41. The molecule has 0 aromatic heterocycles. The number of rotatable bonds is 3. The Balaban J connectivity index is 2.37. The van der Waals surface area contributed by atoms with E-state index in [0.717, 1.165) is 17.5 Å². The zero-order valence-electron chi connectivity index (χ0n) is 15.9. The Labute approximate surface area is 147 Å². The Morgan fingerprint density at radius 1 is 0.833 bits per heavy atom. The van der Waals surface area contributed by atoms with Gasteiger partial charge in [-0.05, 0) is 33.9 Å². The predicted molar refractivity (Wildman–Crippen MR) is 105 cm³/mol. The van der Waals surface area contributed by atoms with Crippen LogP contribution in [0.5, 0.6) is 5.75 Å². The minimum absolute atomic E-state index is 0.0124. The lowest BCUT2D eigenvalue weighted by Crippen LogP contribution is -2.22. The third kappa shape index (κ3) is 4.29. The summed E-state index contributed by atoms with van der Waals surface area (Å²) in [5.41, 5.74) is 4.38. The first-order valence-corrected chi connectivity index (χ1v) is 8.68. The minimum Gasteiger partial charge on any atom is -0.507 e. The first kappa shape index (κ1) is 18.3. The van der Waals surface area contributed by atoms with Gasteiger partial charge < -0.3 is 5.11 Å². The van der Waals surface area contributed by atoms with Crippen molar-refractivity contribution in [2.75, 3.05) is 0 Å². The highest BCUT2D eigenvalue weighted by atomic mass is 16.3. The average molecular weight is 322 g/mol. The van der Waals surface area contributed by atoms with E-state index in [0.29, 0.717) is 5.75 Å². The molecule has 0 aliphatic rings. The van der Waals surface area contributed by atoms with Gasteiger partial charge in [0.05, 0.1) is 0 Å². The van der Waals surface area contributed by atoms with Gasteiger partial charge in [-0.3, -0.25) is 0 Å². The number of phenolic OH excluding ortho intramolecular Hbond substituents is 1. The molecule has 2 rings (SSSR count). The number of phenols is 1. The van der Waals surface area contributed by atoms with E-state index in [-0.39, 0.29) is 10.8 Å². The minimum atomic E-state index is -0.0914. The summed E-state index contributed by atoms with van der Waals surface area (Å²) in [5, 5.41) is 10.9. The Hall–Kier alpha value is -2.02. The van der Waals surface area contributed by atoms with E-state index in [2.05, 4.69) is 78.0 Å². The third-order valence-electron chi connectivity index (χ3n) is 4.27. The fraction of sp³-hybridized carbons (Fsp3) is 0.391. The van der Waals surface area contributed by atoms with Crippen LogP contribution in [0, 0.1) is 0 Å². The molecule has 128 valence electrons. The van der Waals surface area contributed by atoms with E-state index in [1.807, 2.05) is 18.2 Å². The van der Waals surface area contributed by atoms with E-state index in [9.17, 15) is 5.11 Å². The molecule has 0 aliphatic carbocycles. The summed E-state index contributed by atoms with van der Waals surface area (Å²) in [6, 6.07) is 14.5. The second-order valence-electron chi connectivity index (χ2n) is 8.51. The summed E-state index contributed by atoms with van der Waals surface area (Å²) in [6.45, 7) is 13.1. The van der Waals surface area contributed by atoms with Crippen molar-refractivity contribution in [2.24, 2.45) is 0 Å². The van der Waals surface area contributed by atoms with E-state index in [4.69, 9.17) is 0 Å². The molecule has 24 heavy (non-hydrogen) atoms. The maximum atomic E-state index is 10.9. The summed E-state index contributed by atoms with van der Waals surface area (Å²) in [6.07, 6.45) is 4.95. The van der Waals surface area contributed by atoms with Crippen molar-refractivity contribution >= 4 is 6.08 Å². The second kappa shape index (κ2) is 6.84. The Morgan fingerprint density at radius 3 is 2.00 bits per heavy atom. The lowest BCUT2D eigenvalue weighted by atomic mass is 9.74. The first-order valence-electron chi connectivity index (χ1n) is 8.68. The molecule has 0 bridgehead atoms. The van der Waals surface area contributed by atoms with Crippen LogP contribution < -0.4 is 0 Å². The van der Waals surface area contributed by atoms with Gasteiger partial charge >= 0.3 is 0 Å². The van der Waals surface area contributed by atoms with Crippen molar-refractivity contribution in [3.63, 3.8) is 0 Å². The summed E-state index contributed by atoms with van der Waals surface area (Å²) < 4.78 is 0. The largest absolute Gasteiger partial charge is 0.507 e. The zero-order chi connectivity index (χ0) is 18.0. The van der Waals surface area contributed by atoms with Gasteiger partial charge in [-0.15, -0.1) is 0 Å². The molecule has 0 spiro atoms.